The van der Waals surface area contributed by atoms with Gasteiger partial charge in [-0.15, -0.1) is 0 Å². The highest BCUT2D eigenvalue weighted by molar-refractivity contribution is 5.79. The molecule has 17 heavy (non-hydrogen) atoms. The van der Waals surface area contributed by atoms with Crippen molar-refractivity contribution in [3.05, 3.63) is 23.3 Å². The zero-order chi connectivity index (χ0) is 13.0. The molecular formula is C14H20O3. The lowest BCUT2D eigenvalue weighted by molar-refractivity contribution is -0.116. The summed E-state index contributed by atoms with van der Waals surface area (Å²) in [5.41, 5.74) is 2.02. The number of methoxy groups -OCH3 is 2. The average molecular weight is 236 g/mol. The summed E-state index contributed by atoms with van der Waals surface area (Å²) in [6.07, 6.45) is 0.396. The Balaban J connectivity index is 3.28. The molecule has 0 radical (unpaired) electrons. The first kappa shape index (κ1) is 13.6. The van der Waals surface area contributed by atoms with Crippen molar-refractivity contribution in [2.75, 3.05) is 14.2 Å². The van der Waals surface area contributed by atoms with Crippen molar-refractivity contribution in [2.24, 2.45) is 0 Å². The van der Waals surface area contributed by atoms with Gasteiger partial charge in [0.15, 0.2) is 0 Å². The van der Waals surface area contributed by atoms with E-state index in [-0.39, 0.29) is 5.78 Å². The summed E-state index contributed by atoms with van der Waals surface area (Å²) < 4.78 is 10.6. The summed E-state index contributed by atoms with van der Waals surface area (Å²) in [7, 11) is 3.25. The number of hydrogen-bond acceptors (Lipinski definition) is 3. The summed E-state index contributed by atoms with van der Waals surface area (Å²) in [6.45, 7) is 5.78. The minimum absolute atomic E-state index is 0.128. The molecule has 0 aliphatic rings. The summed E-state index contributed by atoms with van der Waals surface area (Å²) in [5, 5.41) is 0. The SMILES string of the molecule is COc1cc(OC)c(C(C)C)cc1CC(C)=O. The second-order valence-electron chi connectivity index (χ2n) is 4.44. The van der Waals surface area contributed by atoms with Crippen LogP contribution in [0.4, 0.5) is 0 Å². The quantitative estimate of drug-likeness (QED) is 0.788. The van der Waals surface area contributed by atoms with E-state index in [4.69, 9.17) is 9.47 Å². The summed E-state index contributed by atoms with van der Waals surface area (Å²) in [6, 6.07) is 3.86. The van der Waals surface area contributed by atoms with Gasteiger partial charge in [-0.25, -0.2) is 0 Å². The number of carbonyl (C=O) groups excluding carboxylic acids is 1. The molecule has 1 aromatic rings. The summed E-state index contributed by atoms with van der Waals surface area (Å²) in [4.78, 5) is 11.2. The molecule has 0 aliphatic heterocycles. The Hall–Kier alpha value is -1.51. The maximum absolute atomic E-state index is 11.2. The fraction of sp³-hybridized carbons (Fsp3) is 0.500. The van der Waals surface area contributed by atoms with Crippen LogP contribution >= 0.6 is 0 Å². The molecule has 0 unspecified atom stereocenters. The zero-order valence-corrected chi connectivity index (χ0v) is 11.2. The molecule has 94 valence electrons. The van der Waals surface area contributed by atoms with E-state index in [2.05, 4.69) is 13.8 Å². The number of benzene rings is 1. The van der Waals surface area contributed by atoms with Crippen molar-refractivity contribution in [1.82, 2.24) is 0 Å². The molecule has 0 saturated carbocycles. The third kappa shape index (κ3) is 3.22. The van der Waals surface area contributed by atoms with E-state index in [0.717, 1.165) is 16.9 Å². The smallest absolute Gasteiger partial charge is 0.134 e. The van der Waals surface area contributed by atoms with Crippen molar-refractivity contribution >= 4 is 5.78 Å². The zero-order valence-electron chi connectivity index (χ0n) is 11.2. The van der Waals surface area contributed by atoms with Gasteiger partial charge in [0, 0.05) is 18.1 Å². The van der Waals surface area contributed by atoms with Gasteiger partial charge in [0.2, 0.25) is 0 Å². The van der Waals surface area contributed by atoms with Gasteiger partial charge >= 0.3 is 0 Å². The van der Waals surface area contributed by atoms with Crippen LogP contribution in [0.1, 0.15) is 37.8 Å². The predicted molar refractivity (Wildman–Crippen MR) is 68.0 cm³/mol. The van der Waals surface area contributed by atoms with E-state index in [9.17, 15) is 4.79 Å². The Morgan fingerprint density at radius 3 is 2.18 bits per heavy atom. The van der Waals surface area contributed by atoms with E-state index in [0.29, 0.717) is 18.1 Å². The van der Waals surface area contributed by atoms with Gasteiger partial charge in [-0.3, -0.25) is 4.79 Å². The van der Waals surface area contributed by atoms with Crippen LogP contribution in [-0.2, 0) is 11.2 Å². The maximum Gasteiger partial charge on any atom is 0.134 e. The minimum atomic E-state index is 0.128. The first-order chi connectivity index (χ1) is 7.99. The molecule has 1 aromatic carbocycles. The number of carbonyl (C=O) groups is 1. The van der Waals surface area contributed by atoms with Gasteiger partial charge in [-0.1, -0.05) is 13.8 Å². The molecule has 0 spiro atoms. The van der Waals surface area contributed by atoms with Gasteiger partial charge in [-0.2, -0.15) is 0 Å². The lowest BCUT2D eigenvalue weighted by Crippen LogP contribution is -2.03. The van der Waals surface area contributed by atoms with Crippen LogP contribution in [0.5, 0.6) is 11.5 Å². The molecule has 0 aliphatic carbocycles. The van der Waals surface area contributed by atoms with Crippen LogP contribution in [0.3, 0.4) is 0 Å². The fourth-order valence-corrected chi connectivity index (χ4v) is 1.85. The van der Waals surface area contributed by atoms with Gasteiger partial charge in [-0.05, 0) is 24.5 Å². The second kappa shape index (κ2) is 5.71. The Kier molecular flexibility index (Phi) is 4.55. The van der Waals surface area contributed by atoms with Crippen molar-refractivity contribution in [3.8, 4) is 11.5 Å². The normalized spacial score (nSPS) is 10.5. The third-order valence-corrected chi connectivity index (χ3v) is 2.69. The fourth-order valence-electron chi connectivity index (χ4n) is 1.85. The van der Waals surface area contributed by atoms with Crippen LogP contribution in [0, 0.1) is 0 Å². The van der Waals surface area contributed by atoms with Crippen LogP contribution in [0.25, 0.3) is 0 Å². The van der Waals surface area contributed by atoms with Crippen LogP contribution in [0.2, 0.25) is 0 Å². The van der Waals surface area contributed by atoms with Gasteiger partial charge in [0.1, 0.15) is 17.3 Å². The first-order valence-electron chi connectivity index (χ1n) is 5.73. The molecule has 0 saturated heterocycles. The van der Waals surface area contributed by atoms with Crippen molar-refractivity contribution < 1.29 is 14.3 Å². The van der Waals surface area contributed by atoms with E-state index in [1.165, 1.54) is 0 Å². The van der Waals surface area contributed by atoms with E-state index < -0.39 is 0 Å². The number of Topliss-reactive ketones (excluding diaryl/α,β-unsaturated/α-hetero) is 1. The Labute approximate surface area is 103 Å². The number of ketones is 1. The maximum atomic E-state index is 11.2. The lowest BCUT2D eigenvalue weighted by atomic mass is 9.97. The van der Waals surface area contributed by atoms with Crippen molar-refractivity contribution in [3.63, 3.8) is 0 Å². The molecule has 0 bridgehead atoms. The highest BCUT2D eigenvalue weighted by Gasteiger charge is 2.14. The van der Waals surface area contributed by atoms with Crippen molar-refractivity contribution in [1.29, 1.82) is 0 Å². The molecule has 0 amide bonds. The molecule has 0 fully saturated rings. The average Bonchev–Trinajstić information content (AvgIpc) is 2.27. The lowest BCUT2D eigenvalue weighted by Gasteiger charge is -2.16. The van der Waals surface area contributed by atoms with E-state index >= 15 is 0 Å². The van der Waals surface area contributed by atoms with Crippen LogP contribution in [0.15, 0.2) is 12.1 Å². The summed E-state index contributed by atoms with van der Waals surface area (Å²) in [5.74, 6) is 2.00. The monoisotopic (exact) mass is 236 g/mol. The third-order valence-electron chi connectivity index (χ3n) is 2.69. The number of rotatable bonds is 5. The Morgan fingerprint density at radius 1 is 1.18 bits per heavy atom. The Morgan fingerprint density at radius 2 is 1.76 bits per heavy atom. The van der Waals surface area contributed by atoms with Gasteiger partial charge in [0.05, 0.1) is 14.2 Å². The first-order valence-corrected chi connectivity index (χ1v) is 5.73. The topological polar surface area (TPSA) is 35.5 Å². The van der Waals surface area contributed by atoms with Crippen molar-refractivity contribution in [2.45, 2.75) is 33.1 Å². The molecule has 3 heteroatoms. The molecule has 0 N–H and O–H groups in total. The Bertz CT molecular complexity index is 408. The molecule has 0 atom stereocenters. The molecular weight excluding hydrogens is 216 g/mol. The van der Waals surface area contributed by atoms with Crippen LogP contribution < -0.4 is 9.47 Å². The molecule has 3 nitrogen and oxygen atoms in total. The highest BCUT2D eigenvalue weighted by atomic mass is 16.5. The van der Waals surface area contributed by atoms with Gasteiger partial charge in [0.25, 0.3) is 0 Å². The van der Waals surface area contributed by atoms with Gasteiger partial charge < -0.3 is 9.47 Å². The predicted octanol–water partition coefficient (Wildman–Crippen LogP) is 2.96. The standard InChI is InChI=1S/C14H20O3/c1-9(2)12-7-11(6-10(3)15)13(16-4)8-14(12)17-5/h7-9H,6H2,1-5H3. The largest absolute Gasteiger partial charge is 0.496 e. The molecule has 0 aromatic heterocycles. The second-order valence-corrected chi connectivity index (χ2v) is 4.44. The minimum Gasteiger partial charge on any atom is -0.496 e. The molecule has 0 heterocycles. The summed E-state index contributed by atoms with van der Waals surface area (Å²) >= 11 is 0. The molecule has 1 rings (SSSR count). The number of ether oxygens (including phenoxy) is 2. The van der Waals surface area contributed by atoms with E-state index in [1.54, 1.807) is 21.1 Å². The van der Waals surface area contributed by atoms with Crippen LogP contribution in [-0.4, -0.2) is 20.0 Å². The van der Waals surface area contributed by atoms with E-state index in [1.807, 2.05) is 12.1 Å². The number of hydrogen-bond donors (Lipinski definition) is 0. The highest BCUT2D eigenvalue weighted by Crippen LogP contribution is 2.33.